The molecular formula is C12H18N2O. The van der Waals surface area contributed by atoms with Crippen LogP contribution in [0.1, 0.15) is 25.7 Å². The number of likely N-dealkylation sites (tertiary alicyclic amines) is 1. The van der Waals surface area contributed by atoms with Gasteiger partial charge in [-0.3, -0.25) is 0 Å². The predicted octanol–water partition coefficient (Wildman–Crippen LogP) is 2.32. The molecule has 0 aromatic carbocycles. The zero-order chi connectivity index (χ0) is 10.3. The van der Waals surface area contributed by atoms with Crippen molar-refractivity contribution in [3.63, 3.8) is 0 Å². The van der Waals surface area contributed by atoms with Crippen molar-refractivity contribution in [2.75, 3.05) is 19.7 Å². The Morgan fingerprint density at radius 2 is 2.00 bits per heavy atom. The van der Waals surface area contributed by atoms with Crippen LogP contribution in [0.3, 0.4) is 0 Å². The first-order valence-corrected chi connectivity index (χ1v) is 5.73. The van der Waals surface area contributed by atoms with Crippen LogP contribution in [0.4, 0.5) is 0 Å². The molecule has 15 heavy (non-hydrogen) atoms. The van der Waals surface area contributed by atoms with E-state index in [0.29, 0.717) is 0 Å². The molecule has 0 aliphatic carbocycles. The molecule has 0 unspecified atom stereocenters. The van der Waals surface area contributed by atoms with Crippen LogP contribution in [0, 0.1) is 0 Å². The van der Waals surface area contributed by atoms with Gasteiger partial charge in [0.05, 0.1) is 5.71 Å². The molecule has 82 valence electrons. The predicted molar refractivity (Wildman–Crippen MR) is 61.7 cm³/mol. The van der Waals surface area contributed by atoms with Gasteiger partial charge in [0.2, 0.25) is 0 Å². The molecule has 2 aliphatic rings. The fraction of sp³-hybridized carbons (Fsp3) is 0.583. The first kappa shape index (κ1) is 10.3. The summed E-state index contributed by atoms with van der Waals surface area (Å²) in [7, 11) is 0. The molecule has 3 heteroatoms. The average Bonchev–Trinajstić information content (AvgIpc) is 2.79. The van der Waals surface area contributed by atoms with Gasteiger partial charge < -0.3 is 9.74 Å². The summed E-state index contributed by atoms with van der Waals surface area (Å²) in [6.45, 7) is 3.14. The number of hydrogen-bond acceptors (Lipinski definition) is 3. The number of rotatable bonds is 3. The first-order valence-electron chi connectivity index (χ1n) is 5.73. The SMILES string of the molecule is C(C=CN1CCCCC1)=CC1=NOCC1. The van der Waals surface area contributed by atoms with Crippen LogP contribution in [0.15, 0.2) is 29.6 Å². The summed E-state index contributed by atoms with van der Waals surface area (Å²) >= 11 is 0. The van der Waals surface area contributed by atoms with Crippen LogP contribution >= 0.6 is 0 Å². The van der Waals surface area contributed by atoms with E-state index < -0.39 is 0 Å². The number of oxime groups is 1. The highest BCUT2D eigenvalue weighted by molar-refractivity contribution is 5.95. The van der Waals surface area contributed by atoms with Crippen molar-refractivity contribution in [1.82, 2.24) is 4.90 Å². The van der Waals surface area contributed by atoms with Gasteiger partial charge in [-0.1, -0.05) is 11.2 Å². The molecule has 0 bridgehead atoms. The Labute approximate surface area is 91.1 Å². The second-order valence-electron chi connectivity index (χ2n) is 3.96. The second kappa shape index (κ2) is 5.59. The minimum absolute atomic E-state index is 0.732. The zero-order valence-corrected chi connectivity index (χ0v) is 9.06. The molecule has 0 spiro atoms. The van der Waals surface area contributed by atoms with E-state index in [0.717, 1.165) is 18.7 Å². The van der Waals surface area contributed by atoms with Gasteiger partial charge in [-0.15, -0.1) is 0 Å². The topological polar surface area (TPSA) is 24.8 Å². The van der Waals surface area contributed by atoms with Crippen molar-refractivity contribution in [2.45, 2.75) is 25.7 Å². The molecule has 0 amide bonds. The molecule has 2 heterocycles. The second-order valence-corrected chi connectivity index (χ2v) is 3.96. The summed E-state index contributed by atoms with van der Waals surface area (Å²) in [5.41, 5.74) is 1.04. The number of hydrogen-bond donors (Lipinski definition) is 0. The van der Waals surface area contributed by atoms with E-state index in [9.17, 15) is 0 Å². The van der Waals surface area contributed by atoms with Crippen molar-refractivity contribution in [1.29, 1.82) is 0 Å². The first-order chi connectivity index (χ1) is 7.45. The van der Waals surface area contributed by atoms with E-state index in [1.165, 1.54) is 32.4 Å². The Morgan fingerprint density at radius 3 is 2.73 bits per heavy atom. The summed E-state index contributed by atoms with van der Waals surface area (Å²) < 4.78 is 0. The molecule has 0 aromatic rings. The lowest BCUT2D eigenvalue weighted by molar-refractivity contribution is 0.174. The molecule has 0 N–H and O–H groups in total. The van der Waals surface area contributed by atoms with E-state index >= 15 is 0 Å². The van der Waals surface area contributed by atoms with Crippen LogP contribution < -0.4 is 0 Å². The lowest BCUT2D eigenvalue weighted by Gasteiger charge is -2.24. The zero-order valence-electron chi connectivity index (χ0n) is 9.06. The van der Waals surface area contributed by atoms with Crippen LogP contribution in [0.5, 0.6) is 0 Å². The van der Waals surface area contributed by atoms with E-state index in [4.69, 9.17) is 4.84 Å². The third-order valence-corrected chi connectivity index (χ3v) is 2.72. The van der Waals surface area contributed by atoms with Crippen molar-refractivity contribution in [2.24, 2.45) is 5.16 Å². The maximum absolute atomic E-state index is 4.91. The Hall–Kier alpha value is -1.25. The Morgan fingerprint density at radius 1 is 1.13 bits per heavy atom. The van der Waals surface area contributed by atoms with Crippen molar-refractivity contribution in [3.8, 4) is 0 Å². The third kappa shape index (κ3) is 3.42. The highest BCUT2D eigenvalue weighted by Crippen LogP contribution is 2.08. The number of allylic oxidation sites excluding steroid dienone is 3. The molecule has 2 aliphatic heterocycles. The number of piperidine rings is 1. The molecule has 2 rings (SSSR count). The Balaban J connectivity index is 1.73. The van der Waals surface area contributed by atoms with Crippen molar-refractivity contribution >= 4 is 5.71 Å². The van der Waals surface area contributed by atoms with E-state index in [1.807, 2.05) is 12.2 Å². The third-order valence-electron chi connectivity index (χ3n) is 2.72. The van der Waals surface area contributed by atoms with Crippen LogP contribution in [-0.2, 0) is 4.84 Å². The normalized spacial score (nSPS) is 22.4. The van der Waals surface area contributed by atoms with Crippen LogP contribution in [0.25, 0.3) is 0 Å². The van der Waals surface area contributed by atoms with Gasteiger partial charge in [0.25, 0.3) is 0 Å². The Bertz CT molecular complexity index is 275. The summed E-state index contributed by atoms with van der Waals surface area (Å²) in [6.07, 6.45) is 13.3. The van der Waals surface area contributed by atoms with Gasteiger partial charge in [0.15, 0.2) is 0 Å². The molecule has 0 saturated carbocycles. The van der Waals surface area contributed by atoms with Gasteiger partial charge in [0.1, 0.15) is 6.61 Å². The smallest absolute Gasteiger partial charge is 0.122 e. The molecule has 0 atom stereocenters. The van der Waals surface area contributed by atoms with E-state index in [-0.39, 0.29) is 0 Å². The lowest BCUT2D eigenvalue weighted by Crippen LogP contribution is -2.23. The largest absolute Gasteiger partial charge is 0.395 e. The summed E-state index contributed by atoms with van der Waals surface area (Å²) in [4.78, 5) is 7.28. The highest BCUT2D eigenvalue weighted by Gasteiger charge is 2.04. The summed E-state index contributed by atoms with van der Waals surface area (Å²) in [5, 5.41) is 3.90. The lowest BCUT2D eigenvalue weighted by atomic mass is 10.1. The molecule has 3 nitrogen and oxygen atoms in total. The van der Waals surface area contributed by atoms with E-state index in [1.54, 1.807) is 0 Å². The minimum Gasteiger partial charge on any atom is -0.395 e. The summed E-state index contributed by atoms with van der Waals surface area (Å²) in [6, 6.07) is 0. The molecule has 1 saturated heterocycles. The molecule has 0 radical (unpaired) electrons. The standard InChI is InChI=1S/C12H18N2O/c1-3-8-14(9-4-1)10-5-2-6-12-7-11-15-13-12/h2,5-6,10H,1,3-4,7-9,11H2. The number of nitrogens with zero attached hydrogens (tertiary/aromatic N) is 2. The van der Waals surface area contributed by atoms with Gasteiger partial charge in [-0.25, -0.2) is 0 Å². The van der Waals surface area contributed by atoms with Gasteiger partial charge in [0, 0.05) is 19.5 Å². The van der Waals surface area contributed by atoms with Gasteiger partial charge in [-0.2, -0.15) is 0 Å². The Kier molecular flexibility index (Phi) is 3.83. The molecule has 0 aromatic heterocycles. The van der Waals surface area contributed by atoms with Gasteiger partial charge in [-0.05, 0) is 37.6 Å². The molecular weight excluding hydrogens is 188 g/mol. The highest BCUT2D eigenvalue weighted by atomic mass is 16.6. The fourth-order valence-corrected chi connectivity index (χ4v) is 1.84. The van der Waals surface area contributed by atoms with Crippen molar-refractivity contribution < 1.29 is 4.84 Å². The fourth-order valence-electron chi connectivity index (χ4n) is 1.84. The minimum atomic E-state index is 0.732. The average molecular weight is 206 g/mol. The maximum Gasteiger partial charge on any atom is 0.122 e. The van der Waals surface area contributed by atoms with Crippen molar-refractivity contribution in [3.05, 3.63) is 24.4 Å². The van der Waals surface area contributed by atoms with Crippen LogP contribution in [0.2, 0.25) is 0 Å². The van der Waals surface area contributed by atoms with Crippen LogP contribution in [-0.4, -0.2) is 30.3 Å². The maximum atomic E-state index is 4.91. The molecule has 1 fully saturated rings. The van der Waals surface area contributed by atoms with E-state index in [2.05, 4.69) is 22.3 Å². The summed E-state index contributed by atoms with van der Waals surface area (Å²) in [5.74, 6) is 0. The van der Waals surface area contributed by atoms with Gasteiger partial charge >= 0.3 is 0 Å². The quantitative estimate of drug-likeness (QED) is 0.662. The monoisotopic (exact) mass is 206 g/mol.